The van der Waals surface area contributed by atoms with Crippen LogP contribution in [0.5, 0.6) is 5.75 Å². The zero-order chi connectivity index (χ0) is 23.8. The summed E-state index contributed by atoms with van der Waals surface area (Å²) in [5, 5.41) is 2.95. The van der Waals surface area contributed by atoms with Crippen LogP contribution in [0.25, 0.3) is 0 Å². The van der Waals surface area contributed by atoms with Crippen molar-refractivity contribution in [3.8, 4) is 5.75 Å². The van der Waals surface area contributed by atoms with Gasteiger partial charge in [-0.25, -0.2) is 17.8 Å². The van der Waals surface area contributed by atoms with Gasteiger partial charge in [-0.3, -0.25) is 4.98 Å². The molecule has 3 aromatic rings. The van der Waals surface area contributed by atoms with E-state index in [1.165, 1.54) is 51.7 Å². The van der Waals surface area contributed by atoms with Gasteiger partial charge >= 0.3 is 6.36 Å². The lowest BCUT2D eigenvalue weighted by Gasteiger charge is -2.21. The molecule has 8 nitrogen and oxygen atoms in total. The molecular weight excluding hydrogens is 466 g/mol. The normalized spacial score (nSPS) is 19.5. The molecule has 0 bridgehead atoms. The molecule has 2 unspecified atom stereocenters. The summed E-state index contributed by atoms with van der Waals surface area (Å²) in [6.45, 7) is 0.0148. The van der Waals surface area contributed by atoms with Crippen LogP contribution in [0.2, 0.25) is 0 Å². The van der Waals surface area contributed by atoms with E-state index in [0.29, 0.717) is 11.4 Å². The Kier molecular flexibility index (Phi) is 6.01. The van der Waals surface area contributed by atoms with Crippen molar-refractivity contribution < 1.29 is 30.7 Å². The standard InChI is InChI=1S/C20H19F4N5O3S/c1-28-11-19(26-12-28)33(30,31)29-9-16(17-6-5-13(21)8-25-17)18(10-29)27-14-3-2-4-15(7-14)32-20(22,23)24/h2-8,11-12,16,18,27H,9-10H2,1H3. The van der Waals surface area contributed by atoms with Gasteiger partial charge in [-0.15, -0.1) is 13.2 Å². The topological polar surface area (TPSA) is 89.4 Å². The molecule has 1 aliphatic rings. The molecular formula is C20H19F4N5O3S. The second kappa shape index (κ2) is 8.63. The maximum Gasteiger partial charge on any atom is 0.573 e. The highest BCUT2D eigenvalue weighted by molar-refractivity contribution is 7.89. The fraction of sp³-hybridized carbons (Fsp3) is 0.300. The third-order valence-electron chi connectivity index (χ3n) is 5.12. The smallest absolute Gasteiger partial charge is 0.406 e. The molecule has 0 spiro atoms. The van der Waals surface area contributed by atoms with Crippen molar-refractivity contribution in [3.63, 3.8) is 0 Å². The minimum Gasteiger partial charge on any atom is -0.406 e. The predicted molar refractivity (Wildman–Crippen MR) is 109 cm³/mol. The minimum absolute atomic E-state index is 0.00696. The fourth-order valence-corrected chi connectivity index (χ4v) is 5.13. The summed E-state index contributed by atoms with van der Waals surface area (Å²) in [6.07, 6.45) is -1.08. The maximum absolute atomic E-state index is 13.4. The van der Waals surface area contributed by atoms with Gasteiger partial charge in [0.25, 0.3) is 10.0 Å². The van der Waals surface area contributed by atoms with Crippen LogP contribution in [0.4, 0.5) is 23.2 Å². The average molecular weight is 485 g/mol. The first-order chi connectivity index (χ1) is 15.5. The number of sulfonamides is 1. The number of aryl methyl sites for hydroxylation is 1. The van der Waals surface area contributed by atoms with Crippen molar-refractivity contribution in [2.75, 3.05) is 18.4 Å². The number of pyridine rings is 1. The molecule has 1 N–H and O–H groups in total. The van der Waals surface area contributed by atoms with E-state index in [2.05, 4.69) is 20.0 Å². The molecule has 4 rings (SSSR count). The van der Waals surface area contributed by atoms with Gasteiger partial charge in [-0.05, 0) is 24.3 Å². The van der Waals surface area contributed by atoms with Gasteiger partial charge in [0, 0.05) is 55.7 Å². The molecule has 2 atom stereocenters. The zero-order valence-electron chi connectivity index (χ0n) is 17.2. The highest BCUT2D eigenvalue weighted by Crippen LogP contribution is 2.33. The summed E-state index contributed by atoms with van der Waals surface area (Å²) in [5.41, 5.74) is 0.737. The Hall–Kier alpha value is -3.19. The second-order valence-electron chi connectivity index (χ2n) is 7.53. The molecule has 0 amide bonds. The molecule has 1 aliphatic heterocycles. The van der Waals surface area contributed by atoms with Crippen LogP contribution >= 0.6 is 0 Å². The first kappa shape index (κ1) is 23.0. The number of imidazole rings is 1. The third kappa shape index (κ3) is 5.25. The van der Waals surface area contributed by atoms with Crippen molar-refractivity contribution >= 4 is 15.7 Å². The maximum atomic E-state index is 13.4. The van der Waals surface area contributed by atoms with E-state index in [1.54, 1.807) is 7.05 Å². The second-order valence-corrected chi connectivity index (χ2v) is 9.42. The number of aromatic nitrogens is 3. The van der Waals surface area contributed by atoms with Gasteiger partial charge in [0.2, 0.25) is 0 Å². The van der Waals surface area contributed by atoms with Crippen molar-refractivity contribution in [1.82, 2.24) is 18.8 Å². The Morgan fingerprint density at radius 3 is 2.58 bits per heavy atom. The first-order valence-corrected chi connectivity index (χ1v) is 11.2. The number of nitrogens with one attached hydrogen (secondary N) is 1. The molecule has 33 heavy (non-hydrogen) atoms. The Bertz CT molecular complexity index is 1230. The number of rotatable bonds is 6. The minimum atomic E-state index is -4.85. The number of hydrogen-bond acceptors (Lipinski definition) is 6. The number of benzene rings is 1. The van der Waals surface area contributed by atoms with E-state index in [4.69, 9.17) is 0 Å². The highest BCUT2D eigenvalue weighted by Gasteiger charge is 2.41. The van der Waals surface area contributed by atoms with Crippen molar-refractivity contribution in [1.29, 1.82) is 0 Å². The average Bonchev–Trinajstić information content (AvgIpc) is 3.35. The summed E-state index contributed by atoms with van der Waals surface area (Å²) in [6, 6.07) is 7.34. The van der Waals surface area contributed by atoms with Gasteiger partial charge in [-0.1, -0.05) is 6.07 Å². The van der Waals surface area contributed by atoms with Gasteiger partial charge in [-0.2, -0.15) is 4.31 Å². The lowest BCUT2D eigenvalue weighted by molar-refractivity contribution is -0.274. The SMILES string of the molecule is Cn1cnc(S(=O)(=O)N2CC(Nc3cccc(OC(F)(F)F)c3)C(c3ccc(F)cn3)C2)c1. The predicted octanol–water partition coefficient (Wildman–Crippen LogP) is 3.12. The van der Waals surface area contributed by atoms with Crippen molar-refractivity contribution in [3.05, 3.63) is 66.6 Å². The molecule has 1 saturated heterocycles. The summed E-state index contributed by atoms with van der Waals surface area (Å²) in [7, 11) is -2.30. The van der Waals surface area contributed by atoms with E-state index < -0.39 is 39.9 Å². The van der Waals surface area contributed by atoms with Crippen LogP contribution in [0, 0.1) is 5.82 Å². The van der Waals surface area contributed by atoms with Gasteiger partial charge < -0.3 is 14.6 Å². The summed E-state index contributed by atoms with van der Waals surface area (Å²) in [4.78, 5) is 8.00. The van der Waals surface area contributed by atoms with Crippen LogP contribution < -0.4 is 10.1 Å². The number of hydrogen-bond donors (Lipinski definition) is 1. The molecule has 2 aromatic heterocycles. The zero-order valence-corrected chi connectivity index (χ0v) is 18.0. The number of nitrogens with zero attached hydrogens (tertiary/aromatic N) is 4. The van der Waals surface area contributed by atoms with Crippen molar-refractivity contribution in [2.45, 2.75) is 23.3 Å². The Morgan fingerprint density at radius 2 is 1.94 bits per heavy atom. The number of anilines is 1. The van der Waals surface area contributed by atoms with E-state index >= 15 is 0 Å². The molecule has 0 radical (unpaired) electrons. The van der Waals surface area contributed by atoms with Gasteiger partial charge in [0.1, 0.15) is 11.6 Å². The number of ether oxygens (including phenoxy) is 1. The van der Waals surface area contributed by atoms with Crippen LogP contribution in [-0.2, 0) is 17.1 Å². The molecule has 0 saturated carbocycles. The molecule has 1 fully saturated rings. The Balaban J connectivity index is 1.63. The van der Waals surface area contributed by atoms with Crippen LogP contribution in [-0.4, -0.2) is 52.8 Å². The fourth-order valence-electron chi connectivity index (χ4n) is 3.67. The molecule has 1 aromatic carbocycles. The largest absolute Gasteiger partial charge is 0.573 e. The quantitative estimate of drug-likeness (QED) is 0.540. The molecule has 176 valence electrons. The molecule has 0 aliphatic carbocycles. The Labute approximate surface area is 186 Å². The monoisotopic (exact) mass is 485 g/mol. The van der Waals surface area contributed by atoms with E-state index in [1.807, 2.05) is 0 Å². The van der Waals surface area contributed by atoms with Gasteiger partial charge in [0.05, 0.1) is 12.5 Å². The number of halogens is 4. The van der Waals surface area contributed by atoms with Crippen LogP contribution in [0.3, 0.4) is 0 Å². The van der Waals surface area contributed by atoms with E-state index in [-0.39, 0.29) is 18.1 Å². The van der Waals surface area contributed by atoms with Gasteiger partial charge in [0.15, 0.2) is 5.03 Å². The molecule has 13 heteroatoms. The van der Waals surface area contributed by atoms with Crippen LogP contribution in [0.15, 0.2) is 60.1 Å². The number of alkyl halides is 3. The lowest BCUT2D eigenvalue weighted by atomic mass is 9.98. The lowest BCUT2D eigenvalue weighted by Crippen LogP contribution is -2.32. The van der Waals surface area contributed by atoms with E-state index in [0.717, 1.165) is 12.3 Å². The first-order valence-electron chi connectivity index (χ1n) is 9.73. The third-order valence-corrected chi connectivity index (χ3v) is 6.84. The molecule has 3 heterocycles. The van der Waals surface area contributed by atoms with Crippen molar-refractivity contribution in [2.24, 2.45) is 7.05 Å². The summed E-state index contributed by atoms with van der Waals surface area (Å²) < 4.78 is 84.0. The summed E-state index contributed by atoms with van der Waals surface area (Å²) >= 11 is 0. The van der Waals surface area contributed by atoms with Crippen LogP contribution in [0.1, 0.15) is 11.6 Å². The van der Waals surface area contributed by atoms with E-state index in [9.17, 15) is 26.0 Å². The summed E-state index contributed by atoms with van der Waals surface area (Å²) in [5.74, 6) is -1.47. The highest BCUT2D eigenvalue weighted by atomic mass is 32.2. The Morgan fingerprint density at radius 1 is 1.15 bits per heavy atom.